The molecule has 4 aliphatic rings. The van der Waals surface area contributed by atoms with Crippen LogP contribution in [0.4, 0.5) is 5.69 Å². The maximum absolute atomic E-state index is 13.7. The molecule has 8 nitrogen and oxygen atoms in total. The van der Waals surface area contributed by atoms with Crippen molar-refractivity contribution in [1.82, 2.24) is 15.1 Å². The van der Waals surface area contributed by atoms with Gasteiger partial charge in [-0.2, -0.15) is 0 Å². The van der Waals surface area contributed by atoms with Gasteiger partial charge in [0.05, 0.1) is 6.10 Å². The maximum atomic E-state index is 13.7. The third-order valence-electron chi connectivity index (χ3n) is 8.38. The molecule has 1 aliphatic carbocycles. The van der Waals surface area contributed by atoms with E-state index in [2.05, 4.69) is 22.0 Å². The average molecular weight is 483 g/mol. The van der Waals surface area contributed by atoms with E-state index in [4.69, 9.17) is 4.74 Å². The molecule has 1 saturated carbocycles. The summed E-state index contributed by atoms with van der Waals surface area (Å²) < 4.78 is 5.58. The Morgan fingerprint density at radius 3 is 2.40 bits per heavy atom. The molecule has 0 radical (unpaired) electrons. The molecule has 190 valence electrons. The molecule has 3 heterocycles. The van der Waals surface area contributed by atoms with Crippen LogP contribution in [-0.2, 0) is 14.3 Å². The van der Waals surface area contributed by atoms with E-state index in [9.17, 15) is 14.4 Å². The molecule has 3 saturated heterocycles. The number of ketones is 1. The molecule has 0 bridgehead atoms. The van der Waals surface area contributed by atoms with Crippen molar-refractivity contribution in [2.45, 2.75) is 63.6 Å². The lowest BCUT2D eigenvalue weighted by Gasteiger charge is -2.35. The molecule has 5 rings (SSSR count). The highest BCUT2D eigenvalue weighted by molar-refractivity contribution is 5.99. The predicted octanol–water partition coefficient (Wildman–Crippen LogP) is 2.08. The van der Waals surface area contributed by atoms with Gasteiger partial charge in [0.2, 0.25) is 5.91 Å². The summed E-state index contributed by atoms with van der Waals surface area (Å²) in [6, 6.07) is 6.65. The first kappa shape index (κ1) is 24.3. The van der Waals surface area contributed by atoms with Crippen LogP contribution in [0, 0.1) is 5.92 Å². The molecular weight excluding hydrogens is 444 g/mol. The number of carbonyl (C=O) groups is 3. The zero-order valence-electron chi connectivity index (χ0n) is 20.8. The number of ether oxygens (including phenoxy) is 1. The Kier molecular flexibility index (Phi) is 7.39. The quantitative estimate of drug-likeness (QED) is 0.669. The summed E-state index contributed by atoms with van der Waals surface area (Å²) in [7, 11) is 0. The number of likely N-dealkylation sites (N-methyl/N-ethyl adjacent to an activating group) is 1. The SMILES string of the molecule is CCN1CCN(c2ccc(C(=O)NC(C(=O)N3CC[C@H]4OCC(=O)[C@H]43)C3CCCCC3)cc2)CC1. The second kappa shape index (κ2) is 10.7. The van der Waals surface area contributed by atoms with Crippen LogP contribution in [-0.4, -0.2) is 91.5 Å². The normalized spacial score (nSPS) is 26.6. The highest BCUT2D eigenvalue weighted by atomic mass is 16.5. The van der Waals surface area contributed by atoms with Gasteiger partial charge in [-0.1, -0.05) is 26.2 Å². The number of likely N-dealkylation sites (tertiary alicyclic amines) is 1. The molecule has 3 aliphatic heterocycles. The first-order valence-corrected chi connectivity index (χ1v) is 13.4. The number of amides is 2. The van der Waals surface area contributed by atoms with Crippen molar-refractivity contribution in [3.63, 3.8) is 0 Å². The van der Waals surface area contributed by atoms with Gasteiger partial charge in [-0.25, -0.2) is 0 Å². The van der Waals surface area contributed by atoms with Crippen LogP contribution in [0.5, 0.6) is 0 Å². The van der Waals surface area contributed by atoms with Crippen LogP contribution >= 0.6 is 0 Å². The minimum atomic E-state index is -0.600. The summed E-state index contributed by atoms with van der Waals surface area (Å²) in [5.41, 5.74) is 1.69. The second-order valence-electron chi connectivity index (χ2n) is 10.4. The molecule has 8 heteroatoms. The van der Waals surface area contributed by atoms with Gasteiger partial charge < -0.3 is 24.8 Å². The number of carbonyl (C=O) groups excluding carboxylic acids is 3. The van der Waals surface area contributed by atoms with Gasteiger partial charge in [0.25, 0.3) is 5.91 Å². The molecule has 2 amide bonds. The van der Waals surface area contributed by atoms with Gasteiger partial charge in [0, 0.05) is 44.0 Å². The van der Waals surface area contributed by atoms with Crippen molar-refractivity contribution in [1.29, 1.82) is 0 Å². The van der Waals surface area contributed by atoms with Crippen molar-refractivity contribution in [2.24, 2.45) is 5.92 Å². The van der Waals surface area contributed by atoms with Gasteiger partial charge in [-0.3, -0.25) is 14.4 Å². The van der Waals surface area contributed by atoms with Crippen LogP contribution in [0.1, 0.15) is 55.8 Å². The minimum absolute atomic E-state index is 0.0232. The summed E-state index contributed by atoms with van der Waals surface area (Å²) in [4.78, 5) is 45.9. The number of benzene rings is 1. The Balaban J connectivity index is 1.28. The van der Waals surface area contributed by atoms with Gasteiger partial charge in [-0.15, -0.1) is 0 Å². The van der Waals surface area contributed by atoms with Crippen LogP contribution in [0.25, 0.3) is 0 Å². The lowest BCUT2D eigenvalue weighted by molar-refractivity contribution is -0.139. The van der Waals surface area contributed by atoms with Crippen molar-refractivity contribution >= 4 is 23.3 Å². The van der Waals surface area contributed by atoms with Crippen LogP contribution < -0.4 is 10.2 Å². The number of hydrogen-bond acceptors (Lipinski definition) is 6. The van der Waals surface area contributed by atoms with E-state index in [1.807, 2.05) is 24.3 Å². The molecule has 0 spiro atoms. The predicted molar refractivity (Wildman–Crippen MR) is 133 cm³/mol. The molecule has 3 atom stereocenters. The smallest absolute Gasteiger partial charge is 0.251 e. The summed E-state index contributed by atoms with van der Waals surface area (Å²) in [6.45, 7) is 7.93. The molecule has 1 unspecified atom stereocenters. The van der Waals surface area contributed by atoms with Crippen molar-refractivity contribution in [3.8, 4) is 0 Å². The van der Waals surface area contributed by atoms with Gasteiger partial charge in [-0.05, 0) is 56.0 Å². The number of nitrogens with one attached hydrogen (secondary N) is 1. The molecule has 1 aromatic carbocycles. The lowest BCUT2D eigenvalue weighted by Crippen LogP contribution is -2.55. The van der Waals surface area contributed by atoms with E-state index in [-0.39, 0.29) is 36.2 Å². The third kappa shape index (κ3) is 5.09. The minimum Gasteiger partial charge on any atom is -0.369 e. The summed E-state index contributed by atoms with van der Waals surface area (Å²) in [5, 5.41) is 3.08. The molecule has 0 aromatic heterocycles. The Bertz CT molecular complexity index is 922. The van der Waals surface area contributed by atoms with Gasteiger partial charge >= 0.3 is 0 Å². The number of fused-ring (bicyclic) bond motifs is 1. The highest BCUT2D eigenvalue weighted by Gasteiger charge is 2.49. The van der Waals surface area contributed by atoms with Crippen molar-refractivity contribution in [2.75, 3.05) is 50.8 Å². The summed E-state index contributed by atoms with van der Waals surface area (Å²) >= 11 is 0. The Morgan fingerprint density at radius 2 is 1.71 bits per heavy atom. The fourth-order valence-electron chi connectivity index (χ4n) is 6.24. The molecule has 1 aromatic rings. The largest absolute Gasteiger partial charge is 0.369 e. The van der Waals surface area contributed by atoms with Crippen LogP contribution in [0.3, 0.4) is 0 Å². The topological polar surface area (TPSA) is 82.2 Å². The Morgan fingerprint density at radius 1 is 1.00 bits per heavy atom. The third-order valence-corrected chi connectivity index (χ3v) is 8.38. The fraction of sp³-hybridized carbons (Fsp3) is 0.667. The van der Waals surface area contributed by atoms with Gasteiger partial charge in [0.15, 0.2) is 5.78 Å². The highest BCUT2D eigenvalue weighted by Crippen LogP contribution is 2.32. The van der Waals surface area contributed by atoms with E-state index in [1.54, 1.807) is 4.90 Å². The number of rotatable bonds is 6. The zero-order valence-corrected chi connectivity index (χ0v) is 20.8. The van der Waals surface area contributed by atoms with Gasteiger partial charge in [0.1, 0.15) is 18.7 Å². The Labute approximate surface area is 207 Å². The summed E-state index contributed by atoms with van der Waals surface area (Å²) in [6.07, 6.45) is 5.64. The molecule has 35 heavy (non-hydrogen) atoms. The maximum Gasteiger partial charge on any atom is 0.251 e. The average Bonchev–Trinajstić information content (AvgIpc) is 3.50. The first-order chi connectivity index (χ1) is 17.0. The number of hydrogen-bond donors (Lipinski definition) is 1. The van der Waals surface area contributed by atoms with Crippen molar-refractivity contribution in [3.05, 3.63) is 29.8 Å². The van der Waals surface area contributed by atoms with E-state index in [0.717, 1.165) is 64.1 Å². The molecule has 1 N–H and O–H groups in total. The monoisotopic (exact) mass is 482 g/mol. The van der Waals surface area contributed by atoms with E-state index < -0.39 is 12.1 Å². The number of Topliss-reactive ketones (excluding diaryl/α,β-unsaturated/α-hetero) is 1. The fourth-order valence-corrected chi connectivity index (χ4v) is 6.24. The first-order valence-electron chi connectivity index (χ1n) is 13.4. The van der Waals surface area contributed by atoms with E-state index in [0.29, 0.717) is 18.5 Å². The standard InChI is InChI=1S/C27H38N4O4/c1-2-29-14-16-30(17-15-29)21-10-8-20(9-11-21)26(33)28-24(19-6-4-3-5-7-19)27(34)31-13-12-23-25(31)22(32)18-35-23/h8-11,19,23-25H,2-7,12-18H2,1H3,(H,28,33)/t23-,24?,25-/m1/s1. The van der Waals surface area contributed by atoms with E-state index in [1.165, 1.54) is 6.42 Å². The lowest BCUT2D eigenvalue weighted by atomic mass is 9.83. The molecule has 4 fully saturated rings. The zero-order chi connectivity index (χ0) is 24.4. The van der Waals surface area contributed by atoms with E-state index >= 15 is 0 Å². The Hall–Kier alpha value is -2.45. The van der Waals surface area contributed by atoms with Crippen molar-refractivity contribution < 1.29 is 19.1 Å². The molecular formula is C27H38N4O4. The number of anilines is 1. The van der Waals surface area contributed by atoms with Crippen LogP contribution in [0.15, 0.2) is 24.3 Å². The number of nitrogens with zero attached hydrogens (tertiary/aromatic N) is 3. The summed E-state index contributed by atoms with van der Waals surface area (Å²) in [5.74, 6) is -0.265. The van der Waals surface area contributed by atoms with Crippen LogP contribution in [0.2, 0.25) is 0 Å². The number of piperazine rings is 1. The second-order valence-corrected chi connectivity index (χ2v) is 10.4.